The molecule has 23 heavy (non-hydrogen) atoms. The number of amides is 1. The van der Waals surface area contributed by atoms with Crippen LogP contribution in [0, 0.1) is 16.2 Å². The van der Waals surface area contributed by atoms with Crippen LogP contribution in [0.2, 0.25) is 0 Å². The first-order valence-corrected chi connectivity index (χ1v) is 8.64. The smallest absolute Gasteiger partial charge is 0.211 e. The monoisotopic (exact) mass is 321 g/mol. The van der Waals surface area contributed by atoms with Crippen LogP contribution >= 0.6 is 0 Å². The Balaban J connectivity index is 0. The van der Waals surface area contributed by atoms with Crippen molar-refractivity contribution in [2.24, 2.45) is 16.2 Å². The summed E-state index contributed by atoms with van der Waals surface area (Å²) in [5.41, 5.74) is 1.82. The van der Waals surface area contributed by atoms with E-state index in [9.17, 15) is 4.79 Å². The van der Waals surface area contributed by atoms with E-state index in [4.69, 9.17) is 0 Å². The highest BCUT2D eigenvalue weighted by atomic mass is 16.1. The molecule has 2 heteroatoms. The summed E-state index contributed by atoms with van der Waals surface area (Å²) in [7, 11) is 0. The van der Waals surface area contributed by atoms with Crippen LogP contribution in [-0.4, -0.2) is 6.41 Å². The molecule has 0 aliphatic heterocycles. The third-order valence-electron chi connectivity index (χ3n) is 2.73. The summed E-state index contributed by atoms with van der Waals surface area (Å²) >= 11 is 0. The fourth-order valence-electron chi connectivity index (χ4n) is 2.71. The van der Waals surface area contributed by atoms with Crippen molar-refractivity contribution in [3.8, 4) is 0 Å². The molecule has 0 aromatic rings. The summed E-state index contributed by atoms with van der Waals surface area (Å²) in [6.07, 6.45) is 11.9. The number of nitrogens with one attached hydrogen (secondary N) is 1. The average molecular weight is 322 g/mol. The highest BCUT2D eigenvalue weighted by molar-refractivity contribution is 5.52. The molecule has 1 N–H and O–H groups in total. The number of rotatable bonds is 2. The van der Waals surface area contributed by atoms with Gasteiger partial charge in [0.1, 0.15) is 0 Å². The molecule has 0 aromatic carbocycles. The molecular formula is C21H39NO. The van der Waals surface area contributed by atoms with Gasteiger partial charge in [-0.05, 0) is 23.3 Å². The number of hydrogen-bond donors (Lipinski definition) is 1. The van der Waals surface area contributed by atoms with Gasteiger partial charge < -0.3 is 5.32 Å². The molecule has 0 bridgehead atoms. The van der Waals surface area contributed by atoms with Crippen LogP contribution in [0.5, 0.6) is 0 Å². The first kappa shape index (κ1) is 23.9. The van der Waals surface area contributed by atoms with Gasteiger partial charge in [-0.1, -0.05) is 93.5 Å². The third kappa shape index (κ3) is 16.9. The minimum absolute atomic E-state index is 0.00877. The molecule has 2 nitrogen and oxygen atoms in total. The van der Waals surface area contributed by atoms with Crippen molar-refractivity contribution in [2.75, 3.05) is 0 Å². The van der Waals surface area contributed by atoms with Gasteiger partial charge in [-0.3, -0.25) is 4.79 Å². The van der Waals surface area contributed by atoms with E-state index in [1.807, 2.05) is 38.2 Å². The number of hydrogen-bond acceptors (Lipinski definition) is 1. The Kier molecular flexibility index (Phi) is 10.9. The summed E-state index contributed by atoms with van der Waals surface area (Å²) in [4.78, 5) is 10.2. The van der Waals surface area contributed by atoms with E-state index in [0.717, 1.165) is 5.70 Å². The molecule has 0 saturated heterocycles. The van der Waals surface area contributed by atoms with Crippen LogP contribution in [0.4, 0.5) is 0 Å². The lowest BCUT2D eigenvalue weighted by Gasteiger charge is -2.28. The Hall–Kier alpha value is -1.31. The van der Waals surface area contributed by atoms with Gasteiger partial charge >= 0.3 is 0 Å². The van der Waals surface area contributed by atoms with Crippen LogP contribution in [0.25, 0.3) is 0 Å². The maximum atomic E-state index is 10.2. The maximum absolute atomic E-state index is 10.2. The number of allylic oxidation sites excluding steroid dienone is 5. The molecule has 0 radical (unpaired) electrons. The van der Waals surface area contributed by atoms with Gasteiger partial charge in [0.15, 0.2) is 0 Å². The molecular weight excluding hydrogens is 282 g/mol. The van der Waals surface area contributed by atoms with Crippen LogP contribution in [0.15, 0.2) is 36.1 Å². The van der Waals surface area contributed by atoms with Crippen LogP contribution < -0.4 is 5.32 Å². The zero-order valence-corrected chi connectivity index (χ0v) is 17.1. The molecule has 1 aliphatic carbocycles. The fourth-order valence-corrected chi connectivity index (χ4v) is 2.71. The first-order valence-electron chi connectivity index (χ1n) is 8.64. The van der Waals surface area contributed by atoms with E-state index in [2.05, 4.69) is 66.8 Å². The van der Waals surface area contributed by atoms with Crippen molar-refractivity contribution in [3.05, 3.63) is 36.1 Å². The molecule has 1 amide bonds. The first-order chi connectivity index (χ1) is 10.3. The van der Waals surface area contributed by atoms with E-state index in [1.165, 1.54) is 6.42 Å². The minimum atomic E-state index is 0.00877. The second kappa shape index (κ2) is 10.5. The number of carbonyl (C=O) groups is 1. The molecule has 1 aliphatic rings. The van der Waals surface area contributed by atoms with Crippen LogP contribution in [0.1, 0.15) is 75.7 Å². The lowest BCUT2D eigenvalue weighted by atomic mass is 9.78. The molecule has 0 spiro atoms. The van der Waals surface area contributed by atoms with Crippen molar-refractivity contribution >= 4 is 6.41 Å². The van der Waals surface area contributed by atoms with Crippen molar-refractivity contribution in [2.45, 2.75) is 75.7 Å². The zero-order chi connectivity index (χ0) is 18.7. The lowest BCUT2D eigenvalue weighted by Crippen LogP contribution is -2.16. The Morgan fingerprint density at radius 2 is 1.48 bits per heavy atom. The molecule has 0 unspecified atom stereocenters. The molecule has 1 rings (SSSR count). The molecule has 0 heterocycles. The van der Waals surface area contributed by atoms with E-state index < -0.39 is 0 Å². The van der Waals surface area contributed by atoms with Crippen molar-refractivity contribution < 1.29 is 4.79 Å². The average Bonchev–Trinajstić information content (AvgIpc) is 2.49. The summed E-state index contributed by atoms with van der Waals surface area (Å²) in [6, 6.07) is 0. The SMILES string of the molecule is CC.CC(C)(C)CC(C)(C)C.CC1(C)C=CC=CC(NC=O)=C1. The molecule has 134 valence electrons. The predicted molar refractivity (Wildman–Crippen MR) is 104 cm³/mol. The van der Waals surface area contributed by atoms with Gasteiger partial charge in [-0.2, -0.15) is 0 Å². The van der Waals surface area contributed by atoms with E-state index >= 15 is 0 Å². The lowest BCUT2D eigenvalue weighted by molar-refractivity contribution is -0.108. The summed E-state index contributed by atoms with van der Waals surface area (Å²) in [6.45, 7) is 21.9. The van der Waals surface area contributed by atoms with Gasteiger partial charge in [-0.25, -0.2) is 0 Å². The predicted octanol–water partition coefficient (Wildman–Crippen LogP) is 6.26. The van der Waals surface area contributed by atoms with Crippen LogP contribution in [0.3, 0.4) is 0 Å². The quantitative estimate of drug-likeness (QED) is 0.597. The Labute approximate surface area is 145 Å². The van der Waals surface area contributed by atoms with E-state index in [-0.39, 0.29) is 5.41 Å². The van der Waals surface area contributed by atoms with E-state index in [1.54, 1.807) is 0 Å². The maximum Gasteiger partial charge on any atom is 0.211 e. The highest BCUT2D eigenvalue weighted by Crippen LogP contribution is 2.31. The van der Waals surface area contributed by atoms with Gasteiger partial charge in [-0.15, -0.1) is 0 Å². The summed E-state index contributed by atoms with van der Waals surface area (Å²) in [5, 5.41) is 2.63. The Morgan fingerprint density at radius 1 is 1.00 bits per heavy atom. The second-order valence-corrected chi connectivity index (χ2v) is 8.70. The molecule has 0 atom stereocenters. The minimum Gasteiger partial charge on any atom is -0.329 e. The summed E-state index contributed by atoms with van der Waals surface area (Å²) in [5.74, 6) is 0. The second-order valence-electron chi connectivity index (χ2n) is 8.70. The Bertz CT molecular complexity index is 400. The molecule has 0 fully saturated rings. The topological polar surface area (TPSA) is 29.1 Å². The largest absolute Gasteiger partial charge is 0.329 e. The van der Waals surface area contributed by atoms with Crippen molar-refractivity contribution in [1.29, 1.82) is 0 Å². The normalized spacial score (nSPS) is 16.0. The zero-order valence-electron chi connectivity index (χ0n) is 17.1. The fraction of sp³-hybridized carbons (Fsp3) is 0.667. The highest BCUT2D eigenvalue weighted by Gasteiger charge is 2.20. The summed E-state index contributed by atoms with van der Waals surface area (Å²) < 4.78 is 0. The van der Waals surface area contributed by atoms with E-state index in [0.29, 0.717) is 17.2 Å². The van der Waals surface area contributed by atoms with Gasteiger partial charge in [0.05, 0.1) is 0 Å². The molecule has 0 saturated carbocycles. The van der Waals surface area contributed by atoms with Gasteiger partial charge in [0, 0.05) is 11.1 Å². The Morgan fingerprint density at radius 3 is 1.83 bits per heavy atom. The van der Waals surface area contributed by atoms with Crippen molar-refractivity contribution in [3.63, 3.8) is 0 Å². The van der Waals surface area contributed by atoms with Gasteiger partial charge in [0.2, 0.25) is 6.41 Å². The number of carbonyl (C=O) groups excluding carboxylic acids is 1. The third-order valence-corrected chi connectivity index (χ3v) is 2.73. The van der Waals surface area contributed by atoms with Gasteiger partial charge in [0.25, 0.3) is 0 Å². The standard InChI is InChI=1S/C10H13NO.C9H20.C2H6/c1-10(2)6-4-3-5-9(7-10)11-8-12;1-8(2,3)7-9(4,5)6;1-2/h3-8H,1-2H3,(H,11,12);7H2,1-6H3;1-2H3. The van der Waals surface area contributed by atoms with Crippen molar-refractivity contribution in [1.82, 2.24) is 5.32 Å². The molecule has 0 aromatic heterocycles. The van der Waals surface area contributed by atoms with Crippen LogP contribution in [-0.2, 0) is 4.79 Å².